The molecule has 0 saturated carbocycles. The van der Waals surface area contributed by atoms with Crippen LogP contribution in [0.4, 0.5) is 0 Å². The first-order valence-corrected chi connectivity index (χ1v) is 4.32. The van der Waals surface area contributed by atoms with Crippen LogP contribution in [-0.2, 0) is 14.4 Å². The second kappa shape index (κ2) is 5.29. The molecule has 0 aromatic rings. The molecule has 0 radical (unpaired) electrons. The maximum absolute atomic E-state index is 10.9. The zero-order valence-corrected chi connectivity index (χ0v) is 8.90. The summed E-state index contributed by atoms with van der Waals surface area (Å²) in [5.74, 6) is -1.82. The molecule has 18 heavy (non-hydrogen) atoms. The van der Waals surface area contributed by atoms with Crippen LogP contribution in [0.2, 0.25) is 0 Å². The molecule has 0 aliphatic rings. The molecule has 2 atom stereocenters. The summed E-state index contributed by atoms with van der Waals surface area (Å²) in [4.78, 5) is 32.2. The largest absolute Gasteiger partial charge is 0.481 e. The smallest absolute Gasteiger partial charge is 0.339 e. The molecule has 0 aromatic carbocycles. The van der Waals surface area contributed by atoms with E-state index in [1.807, 2.05) is 0 Å². The summed E-state index contributed by atoms with van der Waals surface area (Å²) >= 11 is 0. The lowest BCUT2D eigenvalue weighted by Crippen LogP contribution is -2.66. The molecule has 9 N–H and O–H groups in total. The molecule has 0 aliphatic heterocycles. The molecule has 2 unspecified atom stereocenters. The number of hydrogen-bond donors (Lipinski definition) is 7. The Morgan fingerprint density at radius 3 is 1.94 bits per heavy atom. The Morgan fingerprint density at radius 1 is 1.28 bits per heavy atom. The highest BCUT2D eigenvalue weighted by molar-refractivity contribution is 5.93. The van der Waals surface area contributed by atoms with Gasteiger partial charge in [0.05, 0.1) is 6.42 Å². The summed E-state index contributed by atoms with van der Waals surface area (Å²) < 4.78 is 0. The van der Waals surface area contributed by atoms with E-state index in [0.29, 0.717) is 0 Å². The molecular formula is C7H12N4O7. The average molecular weight is 264 g/mol. The second-order valence-electron chi connectivity index (χ2n) is 3.33. The molecule has 0 spiro atoms. The van der Waals surface area contributed by atoms with Crippen molar-refractivity contribution in [1.82, 2.24) is 5.01 Å². The van der Waals surface area contributed by atoms with Crippen molar-refractivity contribution in [3.8, 4) is 0 Å². The summed E-state index contributed by atoms with van der Waals surface area (Å²) in [5, 5.41) is 42.6. The van der Waals surface area contributed by atoms with E-state index in [9.17, 15) is 19.5 Å². The van der Waals surface area contributed by atoms with Crippen molar-refractivity contribution in [2.24, 2.45) is 11.6 Å². The molecule has 0 amide bonds. The first-order valence-electron chi connectivity index (χ1n) is 4.32. The van der Waals surface area contributed by atoms with E-state index >= 15 is 0 Å². The first-order chi connectivity index (χ1) is 8.04. The van der Waals surface area contributed by atoms with Crippen LogP contribution in [0.5, 0.6) is 0 Å². The Hall–Kier alpha value is -2.40. The van der Waals surface area contributed by atoms with Gasteiger partial charge in [-0.25, -0.2) is 15.4 Å². The summed E-state index contributed by atoms with van der Waals surface area (Å²) in [6.45, 7) is 0. The lowest BCUT2D eigenvalue weighted by molar-refractivity contribution is -0.179. The van der Waals surface area contributed by atoms with Crippen LogP contribution in [-0.4, -0.2) is 60.9 Å². The maximum atomic E-state index is 10.9. The van der Waals surface area contributed by atoms with Gasteiger partial charge in [0, 0.05) is 0 Å². The van der Waals surface area contributed by atoms with Crippen LogP contribution in [0.15, 0.2) is 0 Å². The van der Waals surface area contributed by atoms with Crippen molar-refractivity contribution in [3.63, 3.8) is 0 Å². The lowest BCUT2D eigenvalue weighted by atomic mass is 9.90. The van der Waals surface area contributed by atoms with E-state index in [-0.39, 0.29) is 5.01 Å². The number of carbonyl (C=O) groups is 3. The number of hydrogen-bond acceptors (Lipinski definition) is 6. The molecule has 0 saturated heterocycles. The summed E-state index contributed by atoms with van der Waals surface area (Å²) in [5.41, 5.74) is 1.63. The highest BCUT2D eigenvalue weighted by Gasteiger charge is 2.53. The number of guanidine groups is 1. The summed E-state index contributed by atoms with van der Waals surface area (Å²) in [7, 11) is 0. The third-order valence-electron chi connectivity index (χ3n) is 2.03. The Labute approximate surface area is 99.7 Å². The highest BCUT2D eigenvalue weighted by atomic mass is 16.4. The molecular weight excluding hydrogens is 252 g/mol. The minimum Gasteiger partial charge on any atom is -0.481 e. The zero-order chi connectivity index (χ0) is 14.7. The predicted molar refractivity (Wildman–Crippen MR) is 54.2 cm³/mol. The second-order valence-corrected chi connectivity index (χ2v) is 3.33. The summed E-state index contributed by atoms with van der Waals surface area (Å²) in [6, 6.07) is -2.43. The van der Waals surface area contributed by atoms with Gasteiger partial charge in [-0.3, -0.25) is 15.2 Å². The number of aliphatic carboxylic acids is 3. The topological polar surface area (TPSA) is 211 Å². The van der Waals surface area contributed by atoms with Gasteiger partial charge < -0.3 is 26.2 Å². The third kappa shape index (κ3) is 3.05. The highest BCUT2D eigenvalue weighted by Crippen LogP contribution is 2.20. The van der Waals surface area contributed by atoms with Gasteiger partial charge in [-0.1, -0.05) is 0 Å². The van der Waals surface area contributed by atoms with E-state index in [2.05, 4.69) is 0 Å². The molecule has 0 heterocycles. The number of nitrogens with zero attached hydrogens (tertiary/aromatic N) is 1. The van der Waals surface area contributed by atoms with Crippen LogP contribution in [0.3, 0.4) is 0 Å². The predicted octanol–water partition coefficient (Wildman–Crippen LogP) is -3.20. The van der Waals surface area contributed by atoms with Crippen LogP contribution in [0.1, 0.15) is 6.42 Å². The van der Waals surface area contributed by atoms with Gasteiger partial charge in [0.15, 0.2) is 6.04 Å². The molecule has 11 heteroatoms. The van der Waals surface area contributed by atoms with Gasteiger partial charge in [0.1, 0.15) is 0 Å². The lowest BCUT2D eigenvalue weighted by Gasteiger charge is -2.33. The number of carboxylic acid groups (broad SMARTS) is 3. The fraction of sp³-hybridized carbons (Fsp3) is 0.429. The normalized spacial score (nSPS) is 15.2. The van der Waals surface area contributed by atoms with E-state index in [1.165, 1.54) is 0 Å². The number of rotatable bonds is 6. The van der Waals surface area contributed by atoms with Crippen LogP contribution < -0.4 is 11.6 Å². The van der Waals surface area contributed by atoms with Crippen molar-refractivity contribution in [2.45, 2.75) is 18.1 Å². The monoisotopic (exact) mass is 264 g/mol. The number of aliphatic hydroxyl groups is 1. The van der Waals surface area contributed by atoms with Gasteiger partial charge in [-0.2, -0.15) is 0 Å². The molecule has 102 valence electrons. The molecule has 11 nitrogen and oxygen atoms in total. The summed E-state index contributed by atoms with van der Waals surface area (Å²) in [6.07, 6.45) is -1.43. The number of nitrogens with one attached hydrogen (secondary N) is 1. The van der Waals surface area contributed by atoms with Crippen molar-refractivity contribution in [3.05, 3.63) is 0 Å². The Balaban J connectivity index is 5.65. The van der Waals surface area contributed by atoms with Gasteiger partial charge in [-0.15, -0.1) is 0 Å². The fourth-order valence-electron chi connectivity index (χ4n) is 1.21. The van der Waals surface area contributed by atoms with Crippen molar-refractivity contribution in [1.29, 1.82) is 5.41 Å². The van der Waals surface area contributed by atoms with Crippen LogP contribution in [0.25, 0.3) is 0 Å². The SMILES string of the molecule is N=C(N)N(N)C(C(=O)O)C(O)(CC(=O)O)C(=O)O. The van der Waals surface area contributed by atoms with Gasteiger partial charge in [0.25, 0.3) is 0 Å². The van der Waals surface area contributed by atoms with E-state index in [4.69, 9.17) is 32.3 Å². The molecule has 0 fully saturated rings. The minimum atomic E-state index is -3.24. The molecule has 0 aromatic heterocycles. The average Bonchev–Trinajstić information content (AvgIpc) is 2.14. The molecule has 0 rings (SSSR count). The quantitative estimate of drug-likeness (QED) is 0.110. The van der Waals surface area contributed by atoms with Gasteiger partial charge >= 0.3 is 17.9 Å². The van der Waals surface area contributed by atoms with E-state index in [0.717, 1.165) is 0 Å². The number of nitrogens with two attached hydrogens (primary N) is 2. The molecule has 0 aliphatic carbocycles. The Morgan fingerprint density at radius 2 is 1.72 bits per heavy atom. The van der Waals surface area contributed by atoms with E-state index in [1.54, 1.807) is 0 Å². The molecule has 0 bridgehead atoms. The Bertz CT molecular complexity index is 397. The van der Waals surface area contributed by atoms with Crippen molar-refractivity contribution in [2.75, 3.05) is 0 Å². The maximum Gasteiger partial charge on any atom is 0.339 e. The van der Waals surface area contributed by atoms with Crippen molar-refractivity contribution < 1.29 is 34.8 Å². The van der Waals surface area contributed by atoms with E-state index < -0.39 is 41.9 Å². The van der Waals surface area contributed by atoms with Gasteiger partial charge in [0.2, 0.25) is 11.6 Å². The Kier molecular flexibility index (Phi) is 4.58. The minimum absolute atomic E-state index is 0.0423. The van der Waals surface area contributed by atoms with Gasteiger partial charge in [-0.05, 0) is 0 Å². The standard InChI is InChI=1S/C7H12N4O7/c8-6(9)11(10)3(4(14)15)7(18,5(16)17)1-2(12)13/h3,18H,1,10H2,(H3,8,9)(H,12,13)(H,14,15)(H,16,17). The fourth-order valence-corrected chi connectivity index (χ4v) is 1.21. The zero-order valence-electron chi connectivity index (χ0n) is 8.90. The van der Waals surface area contributed by atoms with Crippen LogP contribution >= 0.6 is 0 Å². The van der Waals surface area contributed by atoms with Crippen molar-refractivity contribution >= 4 is 23.9 Å². The number of hydrazine groups is 1. The third-order valence-corrected chi connectivity index (χ3v) is 2.03. The number of carboxylic acids is 3. The first kappa shape index (κ1) is 15.6. The van der Waals surface area contributed by atoms with Crippen LogP contribution in [0, 0.1) is 5.41 Å².